The number of rotatable bonds is 6. The fourth-order valence-corrected chi connectivity index (χ4v) is 6.03. The zero-order valence-corrected chi connectivity index (χ0v) is 18.7. The van der Waals surface area contributed by atoms with Gasteiger partial charge < -0.3 is 0 Å². The van der Waals surface area contributed by atoms with Crippen molar-refractivity contribution >= 4 is 21.6 Å². The number of aryl methyl sites for hydroxylation is 2. The lowest BCUT2D eigenvalue weighted by Crippen LogP contribution is -2.11. The summed E-state index contributed by atoms with van der Waals surface area (Å²) in [7, 11) is -3.36. The van der Waals surface area contributed by atoms with E-state index in [-0.39, 0.29) is 5.75 Å². The van der Waals surface area contributed by atoms with Crippen LogP contribution in [0.4, 0.5) is 0 Å². The van der Waals surface area contributed by atoms with Gasteiger partial charge in [-0.2, -0.15) is 5.26 Å². The molecule has 0 unspecified atom stereocenters. The number of sulfone groups is 1. The van der Waals surface area contributed by atoms with Gasteiger partial charge in [-0.1, -0.05) is 42.5 Å². The highest BCUT2D eigenvalue weighted by atomic mass is 32.2. The molecular formula is C24H27NO2S2. The molecular weight excluding hydrogens is 398 g/mol. The number of thioether (sulfide) groups is 1. The minimum atomic E-state index is -3.36. The van der Waals surface area contributed by atoms with Gasteiger partial charge in [0.25, 0.3) is 0 Å². The molecule has 3 nitrogen and oxygen atoms in total. The summed E-state index contributed by atoms with van der Waals surface area (Å²) in [6, 6.07) is 7.56. The number of allylic oxidation sites excluding steroid dienone is 5. The van der Waals surface area contributed by atoms with Crippen LogP contribution in [-0.4, -0.2) is 14.2 Å². The van der Waals surface area contributed by atoms with Crippen molar-refractivity contribution in [2.45, 2.75) is 52.4 Å². The van der Waals surface area contributed by atoms with E-state index in [0.717, 1.165) is 48.8 Å². The van der Waals surface area contributed by atoms with Crippen molar-refractivity contribution < 1.29 is 8.42 Å². The van der Waals surface area contributed by atoms with Gasteiger partial charge >= 0.3 is 0 Å². The normalized spacial score (nSPS) is 17.4. The van der Waals surface area contributed by atoms with E-state index in [9.17, 15) is 8.42 Å². The highest BCUT2D eigenvalue weighted by Gasteiger charge is 2.20. The second kappa shape index (κ2) is 9.65. The van der Waals surface area contributed by atoms with E-state index < -0.39 is 9.84 Å². The predicted molar refractivity (Wildman–Crippen MR) is 122 cm³/mol. The van der Waals surface area contributed by atoms with Crippen LogP contribution in [0.1, 0.15) is 55.7 Å². The van der Waals surface area contributed by atoms with Crippen molar-refractivity contribution in [2.24, 2.45) is 0 Å². The van der Waals surface area contributed by atoms with Gasteiger partial charge in [0.05, 0.1) is 22.3 Å². The Morgan fingerprint density at radius 3 is 2.72 bits per heavy atom. The van der Waals surface area contributed by atoms with Crippen molar-refractivity contribution in [2.75, 3.05) is 5.75 Å². The Bertz CT molecular complexity index is 1050. The van der Waals surface area contributed by atoms with Crippen LogP contribution in [0.25, 0.3) is 0 Å². The van der Waals surface area contributed by atoms with Crippen molar-refractivity contribution in [3.63, 3.8) is 0 Å². The molecule has 1 aromatic carbocycles. The third-order valence-electron chi connectivity index (χ3n) is 5.46. The fourth-order valence-electron chi connectivity index (χ4n) is 3.56. The molecule has 2 aliphatic rings. The number of hydrogen-bond donors (Lipinski definition) is 0. The van der Waals surface area contributed by atoms with Crippen LogP contribution in [0.15, 0.2) is 62.8 Å². The summed E-state index contributed by atoms with van der Waals surface area (Å²) >= 11 is 1.72. The number of hydrogen-bond acceptors (Lipinski definition) is 4. The fraction of sp³-hybridized carbons (Fsp3) is 0.375. The molecule has 0 saturated heterocycles. The summed E-state index contributed by atoms with van der Waals surface area (Å²) in [6.45, 7) is 4.09. The zero-order chi connectivity index (χ0) is 20.9. The molecule has 1 aliphatic carbocycles. The maximum Gasteiger partial charge on any atom is 0.178 e. The second-order valence-electron chi connectivity index (χ2n) is 7.51. The smallest absolute Gasteiger partial charge is 0.178 e. The van der Waals surface area contributed by atoms with Crippen LogP contribution in [0.2, 0.25) is 0 Å². The summed E-state index contributed by atoms with van der Waals surface area (Å²) in [4.78, 5) is 1.66. The topological polar surface area (TPSA) is 57.9 Å². The zero-order valence-electron chi connectivity index (χ0n) is 17.1. The minimum absolute atomic E-state index is 0.0848. The summed E-state index contributed by atoms with van der Waals surface area (Å²) < 4.78 is 26.1. The SMILES string of the molecule is CCC1=CSC(C2=CC(S(=O)(=O)CCc3ccc(C#N)cc3C)=CCCC2)=CC1. The van der Waals surface area contributed by atoms with Crippen LogP contribution in [0, 0.1) is 18.3 Å². The molecule has 0 bridgehead atoms. The Morgan fingerprint density at radius 2 is 2.07 bits per heavy atom. The van der Waals surface area contributed by atoms with Crippen LogP contribution in [-0.2, 0) is 16.3 Å². The summed E-state index contributed by atoms with van der Waals surface area (Å²) in [5, 5.41) is 11.2. The Labute approximate surface area is 178 Å². The van der Waals surface area contributed by atoms with E-state index in [1.54, 1.807) is 17.8 Å². The first-order chi connectivity index (χ1) is 13.9. The van der Waals surface area contributed by atoms with E-state index in [0.29, 0.717) is 16.9 Å². The second-order valence-corrected chi connectivity index (χ2v) is 10.5. The molecule has 3 rings (SSSR count). The molecule has 0 saturated carbocycles. The van der Waals surface area contributed by atoms with Crippen LogP contribution < -0.4 is 0 Å². The molecule has 0 amide bonds. The van der Waals surface area contributed by atoms with Crippen LogP contribution in [0.5, 0.6) is 0 Å². The van der Waals surface area contributed by atoms with Gasteiger partial charge in [0.1, 0.15) is 0 Å². The van der Waals surface area contributed by atoms with E-state index in [4.69, 9.17) is 5.26 Å². The Morgan fingerprint density at radius 1 is 1.24 bits per heavy atom. The lowest BCUT2D eigenvalue weighted by atomic mass is 10.0. The first-order valence-corrected chi connectivity index (χ1v) is 12.6. The van der Waals surface area contributed by atoms with Gasteiger partial charge in [-0.25, -0.2) is 8.42 Å². The monoisotopic (exact) mass is 425 g/mol. The van der Waals surface area contributed by atoms with Gasteiger partial charge in [0.2, 0.25) is 0 Å². The average Bonchev–Trinajstić information content (AvgIpc) is 3.00. The van der Waals surface area contributed by atoms with Crippen molar-refractivity contribution in [1.82, 2.24) is 0 Å². The van der Waals surface area contributed by atoms with E-state index >= 15 is 0 Å². The number of nitriles is 1. The standard InChI is InChI=1S/C24H27NO2S2/c1-3-19-9-11-24(28-17-19)22-6-4-5-7-23(15-22)29(26,27)13-12-21-10-8-20(16-25)14-18(21)2/h7-8,10-11,14-15,17H,3-6,9,12-13H2,1-2H3. The molecule has 29 heavy (non-hydrogen) atoms. The van der Waals surface area contributed by atoms with E-state index in [2.05, 4.69) is 24.5 Å². The maximum atomic E-state index is 13.1. The molecule has 0 atom stereocenters. The summed E-state index contributed by atoms with van der Waals surface area (Å²) in [6.07, 6.45) is 11.2. The number of benzene rings is 1. The molecule has 0 aromatic heterocycles. The van der Waals surface area contributed by atoms with Crippen LogP contribution >= 0.6 is 11.8 Å². The van der Waals surface area contributed by atoms with Gasteiger partial charge in [-0.05, 0) is 85.8 Å². The molecule has 0 radical (unpaired) electrons. The maximum absolute atomic E-state index is 13.1. The van der Waals surface area contributed by atoms with Crippen molar-refractivity contribution in [1.29, 1.82) is 5.26 Å². The molecule has 1 heterocycles. The predicted octanol–water partition coefficient (Wildman–Crippen LogP) is 6.13. The van der Waals surface area contributed by atoms with E-state index in [1.807, 2.05) is 31.2 Å². The third kappa shape index (κ3) is 5.52. The first-order valence-electron chi connectivity index (χ1n) is 10.1. The van der Waals surface area contributed by atoms with Crippen LogP contribution in [0.3, 0.4) is 0 Å². The summed E-state index contributed by atoms with van der Waals surface area (Å²) in [5.74, 6) is 0.0848. The lowest BCUT2D eigenvalue weighted by molar-refractivity contribution is 0.602. The van der Waals surface area contributed by atoms with Gasteiger partial charge in [0.15, 0.2) is 9.84 Å². The summed E-state index contributed by atoms with van der Waals surface area (Å²) in [5.41, 5.74) is 5.12. The molecule has 1 aliphatic heterocycles. The lowest BCUT2D eigenvalue weighted by Gasteiger charge is -2.15. The molecule has 1 aromatic rings. The van der Waals surface area contributed by atoms with Crippen molar-refractivity contribution in [3.8, 4) is 6.07 Å². The minimum Gasteiger partial charge on any atom is -0.224 e. The molecule has 0 fully saturated rings. The highest BCUT2D eigenvalue weighted by Crippen LogP contribution is 2.37. The highest BCUT2D eigenvalue weighted by molar-refractivity contribution is 8.06. The molecule has 152 valence electrons. The quantitative estimate of drug-likeness (QED) is 0.550. The average molecular weight is 426 g/mol. The van der Waals surface area contributed by atoms with Crippen molar-refractivity contribution in [3.05, 3.63) is 79.5 Å². The van der Waals surface area contributed by atoms with E-state index in [1.165, 1.54) is 10.5 Å². The Balaban J connectivity index is 1.76. The Hall–Kier alpha value is -2.03. The largest absolute Gasteiger partial charge is 0.224 e. The van der Waals surface area contributed by atoms with Gasteiger partial charge in [-0.15, -0.1) is 0 Å². The molecule has 0 spiro atoms. The third-order valence-corrected chi connectivity index (χ3v) is 8.33. The molecule has 0 N–H and O–H groups in total. The van der Waals surface area contributed by atoms with Gasteiger partial charge in [0, 0.05) is 4.91 Å². The number of nitrogens with zero attached hydrogens (tertiary/aromatic N) is 1. The van der Waals surface area contributed by atoms with Gasteiger partial charge in [-0.3, -0.25) is 0 Å². The first kappa shape index (κ1) is 21.7. The molecule has 5 heteroatoms. The Kier molecular flexibility index (Phi) is 7.21.